The Hall–Kier alpha value is -3.19. The van der Waals surface area contributed by atoms with Crippen molar-refractivity contribution in [2.24, 2.45) is 0 Å². The van der Waals surface area contributed by atoms with Gasteiger partial charge in [0.25, 0.3) is 5.91 Å². The lowest BCUT2D eigenvalue weighted by atomic mass is 10.0. The van der Waals surface area contributed by atoms with Crippen LogP contribution >= 0.6 is 11.3 Å². The van der Waals surface area contributed by atoms with E-state index >= 15 is 0 Å². The fourth-order valence-corrected chi connectivity index (χ4v) is 3.85. The van der Waals surface area contributed by atoms with Gasteiger partial charge in [0.05, 0.1) is 23.7 Å². The van der Waals surface area contributed by atoms with Gasteiger partial charge < -0.3 is 15.4 Å². The van der Waals surface area contributed by atoms with Crippen molar-refractivity contribution in [3.8, 4) is 5.75 Å². The maximum Gasteiger partial charge on any atom is 0.255 e. The maximum absolute atomic E-state index is 12.8. The number of ether oxygens (including phenoxy) is 1. The minimum atomic E-state index is -0.163. The number of carbonyl (C=O) groups is 2. The molecule has 3 aromatic rings. The van der Waals surface area contributed by atoms with E-state index in [0.29, 0.717) is 34.4 Å². The van der Waals surface area contributed by atoms with Crippen LogP contribution in [0.25, 0.3) is 0 Å². The Labute approximate surface area is 180 Å². The van der Waals surface area contributed by atoms with Crippen molar-refractivity contribution in [3.05, 3.63) is 76.3 Å². The molecule has 0 aliphatic carbocycles. The number of aromatic nitrogens is 1. The van der Waals surface area contributed by atoms with Crippen LogP contribution in [0.5, 0.6) is 5.75 Å². The Morgan fingerprint density at radius 3 is 2.53 bits per heavy atom. The van der Waals surface area contributed by atoms with Crippen molar-refractivity contribution in [1.82, 2.24) is 10.3 Å². The summed E-state index contributed by atoms with van der Waals surface area (Å²) in [6.45, 7) is 3.20. The van der Waals surface area contributed by atoms with Crippen molar-refractivity contribution in [1.29, 1.82) is 0 Å². The van der Waals surface area contributed by atoms with Crippen molar-refractivity contribution < 1.29 is 14.3 Å². The zero-order valence-corrected chi connectivity index (χ0v) is 17.9. The topological polar surface area (TPSA) is 80.3 Å². The van der Waals surface area contributed by atoms with Crippen molar-refractivity contribution in [2.45, 2.75) is 19.8 Å². The second kappa shape index (κ2) is 10.5. The largest absolute Gasteiger partial charge is 0.496 e. The Bertz CT molecular complexity index is 1020. The number of carbonyl (C=O) groups excluding carboxylic acids is 2. The lowest BCUT2D eigenvalue weighted by molar-refractivity contribution is 0.0950. The first-order chi connectivity index (χ1) is 14.6. The fourth-order valence-electron chi connectivity index (χ4n) is 3.06. The number of anilines is 1. The molecule has 0 atom stereocenters. The molecular formula is C23H25N3O3S. The van der Waals surface area contributed by atoms with Gasteiger partial charge in [-0.15, -0.1) is 0 Å². The van der Waals surface area contributed by atoms with Crippen molar-refractivity contribution >= 4 is 28.2 Å². The lowest BCUT2D eigenvalue weighted by Crippen LogP contribution is -2.26. The summed E-state index contributed by atoms with van der Waals surface area (Å²) in [6.07, 6.45) is 3.15. The third-order valence-electron chi connectivity index (χ3n) is 4.64. The van der Waals surface area contributed by atoms with E-state index in [9.17, 15) is 9.59 Å². The van der Waals surface area contributed by atoms with Crippen LogP contribution in [0, 0.1) is 0 Å². The number of methoxy groups -OCH3 is 1. The Balaban J connectivity index is 1.47. The highest BCUT2D eigenvalue weighted by Crippen LogP contribution is 2.23. The SMILES string of the molecule is CCc1ccccc1C(=O)c1cnc(NCCCNC(=O)c2ccccc2OC)s1. The fraction of sp³-hybridized carbons (Fsp3) is 0.261. The molecule has 7 heteroatoms. The summed E-state index contributed by atoms with van der Waals surface area (Å²) in [5.74, 6) is 0.393. The van der Waals surface area contributed by atoms with Gasteiger partial charge in [-0.1, -0.05) is 54.7 Å². The molecule has 0 spiro atoms. The van der Waals surface area contributed by atoms with Gasteiger partial charge in [-0.05, 0) is 30.5 Å². The summed E-state index contributed by atoms with van der Waals surface area (Å²) in [5, 5.41) is 6.80. The van der Waals surface area contributed by atoms with Crippen LogP contribution in [-0.2, 0) is 6.42 Å². The smallest absolute Gasteiger partial charge is 0.255 e. The molecule has 2 aromatic carbocycles. The molecule has 0 bridgehead atoms. The highest BCUT2D eigenvalue weighted by atomic mass is 32.1. The number of amides is 1. The first-order valence-electron chi connectivity index (χ1n) is 9.87. The predicted molar refractivity (Wildman–Crippen MR) is 120 cm³/mol. The van der Waals surface area contributed by atoms with Crippen LogP contribution in [0.4, 0.5) is 5.13 Å². The molecule has 1 heterocycles. The first-order valence-corrected chi connectivity index (χ1v) is 10.7. The average molecular weight is 424 g/mol. The van der Waals surface area contributed by atoms with Crippen molar-refractivity contribution in [2.75, 3.05) is 25.5 Å². The standard InChI is InChI=1S/C23H25N3O3S/c1-3-16-9-4-5-10-17(16)21(27)20-15-26-23(30-20)25-14-8-13-24-22(28)18-11-6-7-12-19(18)29-2/h4-7,9-12,15H,3,8,13-14H2,1-2H3,(H,24,28)(H,25,26). The number of ketones is 1. The summed E-state index contributed by atoms with van der Waals surface area (Å²) in [4.78, 5) is 29.9. The maximum atomic E-state index is 12.8. The summed E-state index contributed by atoms with van der Waals surface area (Å²) in [5.41, 5.74) is 2.29. The molecule has 0 saturated carbocycles. The van der Waals surface area contributed by atoms with E-state index in [1.807, 2.05) is 37.3 Å². The number of hydrogen-bond acceptors (Lipinski definition) is 6. The van der Waals surface area contributed by atoms with Gasteiger partial charge in [0, 0.05) is 18.7 Å². The average Bonchev–Trinajstić information content (AvgIpc) is 3.27. The highest BCUT2D eigenvalue weighted by Gasteiger charge is 2.15. The van der Waals surface area contributed by atoms with Crippen LogP contribution in [-0.4, -0.2) is 36.9 Å². The molecule has 1 amide bonds. The van der Waals surface area contributed by atoms with Gasteiger partial charge >= 0.3 is 0 Å². The second-order valence-corrected chi connectivity index (χ2v) is 7.64. The van der Waals surface area contributed by atoms with Gasteiger partial charge in [-0.2, -0.15) is 0 Å². The zero-order valence-electron chi connectivity index (χ0n) is 17.1. The number of benzene rings is 2. The minimum absolute atomic E-state index is 0.00192. The highest BCUT2D eigenvalue weighted by molar-refractivity contribution is 7.17. The van der Waals surface area contributed by atoms with E-state index in [0.717, 1.165) is 24.0 Å². The molecule has 0 aliphatic rings. The van der Waals surface area contributed by atoms with Crippen molar-refractivity contribution in [3.63, 3.8) is 0 Å². The van der Waals surface area contributed by atoms with Gasteiger partial charge in [0.15, 0.2) is 5.13 Å². The number of para-hydroxylation sites is 1. The second-order valence-electron chi connectivity index (χ2n) is 6.61. The van der Waals surface area contributed by atoms with E-state index in [1.54, 1.807) is 31.5 Å². The van der Waals surface area contributed by atoms with Gasteiger partial charge in [-0.25, -0.2) is 4.98 Å². The molecule has 2 N–H and O–H groups in total. The normalized spacial score (nSPS) is 10.5. The third kappa shape index (κ3) is 5.24. The zero-order chi connectivity index (χ0) is 21.3. The van der Waals surface area contributed by atoms with Crippen LogP contribution < -0.4 is 15.4 Å². The number of nitrogens with one attached hydrogen (secondary N) is 2. The summed E-state index contributed by atoms with van der Waals surface area (Å²) in [7, 11) is 1.55. The molecule has 3 rings (SSSR count). The molecule has 1 aromatic heterocycles. The van der Waals surface area contributed by atoms with Crippen LogP contribution in [0.2, 0.25) is 0 Å². The van der Waals surface area contributed by atoms with E-state index in [-0.39, 0.29) is 11.7 Å². The molecule has 0 aliphatic heterocycles. The van der Waals surface area contributed by atoms with Crippen LogP contribution in [0.15, 0.2) is 54.7 Å². The van der Waals surface area contributed by atoms with Gasteiger partial charge in [-0.3, -0.25) is 9.59 Å². The molecule has 0 saturated heterocycles. The third-order valence-corrected chi connectivity index (χ3v) is 5.59. The molecule has 156 valence electrons. The number of aryl methyl sites for hydroxylation is 1. The number of thiazole rings is 1. The Morgan fingerprint density at radius 2 is 1.77 bits per heavy atom. The van der Waals surface area contributed by atoms with Gasteiger partial charge in [0.1, 0.15) is 5.75 Å². The van der Waals surface area contributed by atoms with Crippen LogP contribution in [0.1, 0.15) is 44.5 Å². The lowest BCUT2D eigenvalue weighted by Gasteiger charge is -2.09. The molecular weight excluding hydrogens is 398 g/mol. The molecule has 0 radical (unpaired) electrons. The summed E-state index contributed by atoms with van der Waals surface area (Å²) < 4.78 is 5.21. The Morgan fingerprint density at radius 1 is 1.03 bits per heavy atom. The predicted octanol–water partition coefficient (Wildman–Crippen LogP) is 4.18. The van der Waals surface area contributed by atoms with E-state index < -0.39 is 0 Å². The quantitative estimate of drug-likeness (QED) is 0.378. The summed E-state index contributed by atoms with van der Waals surface area (Å²) >= 11 is 1.35. The molecule has 6 nitrogen and oxygen atoms in total. The summed E-state index contributed by atoms with van der Waals surface area (Å²) in [6, 6.07) is 14.8. The van der Waals surface area contributed by atoms with Gasteiger partial charge in [0.2, 0.25) is 5.78 Å². The number of hydrogen-bond donors (Lipinski definition) is 2. The Kier molecular flexibility index (Phi) is 7.57. The molecule has 0 fully saturated rings. The van der Waals surface area contributed by atoms with E-state index in [4.69, 9.17) is 4.74 Å². The molecule has 0 unspecified atom stereocenters. The van der Waals surface area contributed by atoms with Crippen LogP contribution in [0.3, 0.4) is 0 Å². The van der Waals surface area contributed by atoms with E-state index in [2.05, 4.69) is 15.6 Å². The molecule has 30 heavy (non-hydrogen) atoms. The first kappa shape index (κ1) is 21.5. The monoisotopic (exact) mass is 423 g/mol. The van der Waals surface area contributed by atoms with E-state index in [1.165, 1.54) is 11.3 Å². The number of nitrogens with zero attached hydrogens (tertiary/aromatic N) is 1. The number of rotatable bonds is 10. The minimum Gasteiger partial charge on any atom is -0.496 e.